The highest BCUT2D eigenvalue weighted by Crippen LogP contribution is 2.27. The van der Waals surface area contributed by atoms with Crippen LogP contribution in [0.5, 0.6) is 0 Å². The predicted molar refractivity (Wildman–Crippen MR) is 133 cm³/mol. The van der Waals surface area contributed by atoms with Gasteiger partial charge >= 0.3 is 4.87 Å². The second kappa shape index (κ2) is 9.01. The van der Waals surface area contributed by atoms with E-state index in [-0.39, 0.29) is 32.1 Å². The molecule has 2 N–H and O–H groups in total. The van der Waals surface area contributed by atoms with E-state index in [0.717, 1.165) is 21.6 Å². The SMILES string of the molecule is CC(C)n1c(=O)sc2cc(NC(=O)c3cc(NS(=O)(=O)c4ccccc4)ccc3Cl)ccc21. The van der Waals surface area contributed by atoms with Crippen molar-refractivity contribution in [3.8, 4) is 0 Å². The summed E-state index contributed by atoms with van der Waals surface area (Å²) < 4.78 is 30.1. The molecule has 3 aromatic carbocycles. The molecule has 0 unspecified atom stereocenters. The van der Waals surface area contributed by atoms with Crippen LogP contribution in [0, 0.1) is 0 Å². The number of hydrogen-bond acceptors (Lipinski definition) is 5. The second-order valence-corrected chi connectivity index (χ2v) is 10.7. The third-order valence-corrected chi connectivity index (χ3v) is 7.55. The highest BCUT2D eigenvalue weighted by atomic mass is 35.5. The van der Waals surface area contributed by atoms with Crippen LogP contribution >= 0.6 is 22.9 Å². The minimum absolute atomic E-state index is 0.0212. The van der Waals surface area contributed by atoms with Gasteiger partial charge in [0.2, 0.25) is 0 Å². The topological polar surface area (TPSA) is 97.3 Å². The number of nitrogens with zero attached hydrogens (tertiary/aromatic N) is 1. The van der Waals surface area contributed by atoms with Crippen LogP contribution in [0.4, 0.5) is 11.4 Å². The molecule has 4 aromatic rings. The normalized spacial score (nSPS) is 11.6. The van der Waals surface area contributed by atoms with Gasteiger partial charge in [-0.2, -0.15) is 0 Å². The Morgan fingerprint density at radius 2 is 1.70 bits per heavy atom. The summed E-state index contributed by atoms with van der Waals surface area (Å²) in [5, 5.41) is 2.94. The number of sulfonamides is 1. The molecule has 0 atom stereocenters. The van der Waals surface area contributed by atoms with Gasteiger partial charge in [-0.1, -0.05) is 41.1 Å². The Labute approximate surface area is 199 Å². The Hall–Kier alpha value is -3.14. The molecule has 0 bridgehead atoms. The van der Waals surface area contributed by atoms with Gasteiger partial charge in [0, 0.05) is 17.4 Å². The minimum atomic E-state index is -3.82. The molecule has 1 heterocycles. The molecule has 0 spiro atoms. The first kappa shape index (κ1) is 23.0. The zero-order chi connectivity index (χ0) is 23.8. The Morgan fingerprint density at radius 1 is 1.00 bits per heavy atom. The Morgan fingerprint density at radius 3 is 2.39 bits per heavy atom. The number of hydrogen-bond donors (Lipinski definition) is 2. The monoisotopic (exact) mass is 501 g/mol. The van der Waals surface area contributed by atoms with Crippen LogP contribution in [-0.2, 0) is 10.0 Å². The predicted octanol–water partition coefficient (Wildman–Crippen LogP) is 5.35. The highest BCUT2D eigenvalue weighted by molar-refractivity contribution is 7.92. The number of halogens is 1. The molecule has 0 aliphatic carbocycles. The fourth-order valence-corrected chi connectivity index (χ4v) is 5.70. The Bertz CT molecular complexity index is 1510. The zero-order valence-electron chi connectivity index (χ0n) is 17.7. The largest absolute Gasteiger partial charge is 0.322 e. The van der Waals surface area contributed by atoms with Gasteiger partial charge < -0.3 is 5.32 Å². The Balaban J connectivity index is 1.59. The van der Waals surface area contributed by atoms with Crippen molar-refractivity contribution in [3.63, 3.8) is 0 Å². The number of carbonyl (C=O) groups excluding carboxylic acids is 1. The molecule has 4 rings (SSSR count). The molecule has 33 heavy (non-hydrogen) atoms. The molecule has 170 valence electrons. The second-order valence-electron chi connectivity index (χ2n) is 7.58. The molecule has 0 aliphatic heterocycles. The summed E-state index contributed by atoms with van der Waals surface area (Å²) in [4.78, 5) is 25.2. The van der Waals surface area contributed by atoms with E-state index in [1.54, 1.807) is 41.0 Å². The fourth-order valence-electron chi connectivity index (χ4n) is 3.38. The van der Waals surface area contributed by atoms with Crippen LogP contribution in [-0.4, -0.2) is 18.9 Å². The van der Waals surface area contributed by atoms with Gasteiger partial charge in [-0.25, -0.2) is 8.42 Å². The lowest BCUT2D eigenvalue weighted by Crippen LogP contribution is -2.16. The number of benzene rings is 3. The van der Waals surface area contributed by atoms with E-state index in [9.17, 15) is 18.0 Å². The van der Waals surface area contributed by atoms with Crippen LogP contribution in [0.1, 0.15) is 30.2 Å². The number of thiazole rings is 1. The zero-order valence-corrected chi connectivity index (χ0v) is 20.1. The van der Waals surface area contributed by atoms with E-state index < -0.39 is 15.9 Å². The summed E-state index contributed by atoms with van der Waals surface area (Å²) in [7, 11) is -3.82. The van der Waals surface area contributed by atoms with Crippen LogP contribution in [0.15, 0.2) is 76.4 Å². The van der Waals surface area contributed by atoms with Crippen LogP contribution in [0.2, 0.25) is 5.02 Å². The molecule has 0 saturated carbocycles. The maximum absolute atomic E-state index is 12.9. The summed E-state index contributed by atoms with van der Waals surface area (Å²) in [5.41, 5.74) is 1.61. The molecule has 1 amide bonds. The summed E-state index contributed by atoms with van der Waals surface area (Å²) in [6.07, 6.45) is 0. The lowest BCUT2D eigenvalue weighted by atomic mass is 10.2. The molecular formula is C23H20ClN3O4S2. The summed E-state index contributed by atoms with van der Waals surface area (Å²) >= 11 is 7.33. The number of nitrogens with one attached hydrogen (secondary N) is 2. The lowest BCUT2D eigenvalue weighted by Gasteiger charge is -2.12. The molecular weight excluding hydrogens is 482 g/mol. The molecule has 0 saturated heterocycles. The van der Waals surface area contributed by atoms with E-state index >= 15 is 0 Å². The van der Waals surface area contributed by atoms with Crippen molar-refractivity contribution in [2.24, 2.45) is 0 Å². The molecule has 7 nitrogen and oxygen atoms in total. The number of anilines is 2. The molecule has 1 aromatic heterocycles. The van der Waals surface area contributed by atoms with Gasteiger partial charge in [-0.3, -0.25) is 18.9 Å². The van der Waals surface area contributed by atoms with E-state index in [4.69, 9.17) is 11.6 Å². The van der Waals surface area contributed by atoms with Gasteiger partial charge in [0.15, 0.2) is 0 Å². The number of fused-ring (bicyclic) bond motifs is 1. The van der Waals surface area contributed by atoms with Crippen molar-refractivity contribution in [1.29, 1.82) is 0 Å². The van der Waals surface area contributed by atoms with Crippen molar-refractivity contribution >= 4 is 60.5 Å². The lowest BCUT2D eigenvalue weighted by molar-refractivity contribution is 0.102. The fraction of sp³-hybridized carbons (Fsp3) is 0.130. The van der Waals surface area contributed by atoms with Crippen molar-refractivity contribution in [2.45, 2.75) is 24.8 Å². The van der Waals surface area contributed by atoms with E-state index in [2.05, 4.69) is 10.0 Å². The Kier molecular flexibility index (Phi) is 6.29. The first-order chi connectivity index (χ1) is 15.7. The average Bonchev–Trinajstić information content (AvgIpc) is 3.10. The summed E-state index contributed by atoms with van der Waals surface area (Å²) in [5.74, 6) is -0.504. The number of rotatable bonds is 6. The number of aromatic nitrogens is 1. The smallest absolute Gasteiger partial charge is 0.308 e. The first-order valence-electron chi connectivity index (χ1n) is 9.99. The molecule has 0 fully saturated rings. The van der Waals surface area contributed by atoms with Crippen molar-refractivity contribution in [1.82, 2.24) is 4.57 Å². The van der Waals surface area contributed by atoms with Gasteiger partial charge in [-0.15, -0.1) is 0 Å². The quantitative estimate of drug-likeness (QED) is 0.372. The van der Waals surface area contributed by atoms with Crippen molar-refractivity contribution in [2.75, 3.05) is 10.0 Å². The number of amides is 1. The third kappa shape index (κ3) is 4.80. The molecule has 0 aliphatic rings. The van der Waals surface area contributed by atoms with Gasteiger partial charge in [0.25, 0.3) is 15.9 Å². The molecule has 10 heteroatoms. The summed E-state index contributed by atoms with van der Waals surface area (Å²) in [6, 6.07) is 17.5. The van der Waals surface area contributed by atoms with Crippen LogP contribution in [0.25, 0.3) is 10.2 Å². The highest BCUT2D eigenvalue weighted by Gasteiger charge is 2.17. The van der Waals surface area contributed by atoms with Crippen molar-refractivity contribution in [3.05, 3.63) is 87.0 Å². The standard InChI is InChI=1S/C23H20ClN3O4S2/c1-14(2)27-20-11-9-15(13-21(20)32-23(27)29)25-22(28)18-12-16(8-10-19(18)24)26-33(30,31)17-6-4-3-5-7-17/h3-14,26H,1-2H3,(H,25,28). The van der Waals surface area contributed by atoms with Crippen molar-refractivity contribution < 1.29 is 13.2 Å². The molecule has 0 radical (unpaired) electrons. The van der Waals surface area contributed by atoms with E-state index in [1.165, 1.54) is 30.3 Å². The maximum atomic E-state index is 12.9. The van der Waals surface area contributed by atoms with E-state index in [1.807, 2.05) is 13.8 Å². The van der Waals surface area contributed by atoms with Gasteiger partial charge in [0.1, 0.15) is 0 Å². The van der Waals surface area contributed by atoms with Gasteiger partial charge in [-0.05, 0) is 62.4 Å². The maximum Gasteiger partial charge on any atom is 0.308 e. The van der Waals surface area contributed by atoms with Crippen LogP contribution in [0.3, 0.4) is 0 Å². The minimum Gasteiger partial charge on any atom is -0.322 e. The number of carbonyl (C=O) groups is 1. The first-order valence-corrected chi connectivity index (χ1v) is 12.7. The third-order valence-electron chi connectivity index (χ3n) is 4.90. The average molecular weight is 502 g/mol. The summed E-state index contributed by atoms with van der Waals surface area (Å²) in [6.45, 7) is 3.87. The van der Waals surface area contributed by atoms with E-state index in [0.29, 0.717) is 5.69 Å². The van der Waals surface area contributed by atoms with Crippen LogP contribution < -0.4 is 14.9 Å². The van der Waals surface area contributed by atoms with Gasteiger partial charge in [0.05, 0.1) is 25.7 Å².